The molecule has 2 unspecified atom stereocenters. The zero-order chi connectivity index (χ0) is 14.3. The van der Waals surface area contributed by atoms with Crippen LogP contribution in [0.2, 0.25) is 5.15 Å². The second-order valence-corrected chi connectivity index (χ2v) is 6.86. The van der Waals surface area contributed by atoms with Gasteiger partial charge in [0.05, 0.1) is 5.56 Å². The van der Waals surface area contributed by atoms with Crippen LogP contribution in [0.25, 0.3) is 0 Å². The van der Waals surface area contributed by atoms with Gasteiger partial charge < -0.3 is 4.90 Å². The fourth-order valence-corrected chi connectivity index (χ4v) is 3.71. The first-order valence-electron chi connectivity index (χ1n) is 6.92. The first kappa shape index (κ1) is 14.3. The molecular weight excluding hydrogens is 342 g/mol. The highest BCUT2D eigenvalue weighted by molar-refractivity contribution is 9.10. The minimum absolute atomic E-state index is 0.0112. The molecule has 3 rings (SSSR count). The van der Waals surface area contributed by atoms with Crippen molar-refractivity contribution in [3.8, 4) is 0 Å². The van der Waals surface area contributed by atoms with Crippen molar-refractivity contribution < 1.29 is 4.79 Å². The molecule has 2 aliphatic heterocycles. The van der Waals surface area contributed by atoms with Crippen LogP contribution in [0.5, 0.6) is 0 Å². The lowest BCUT2D eigenvalue weighted by molar-refractivity contribution is 0.0395. The Morgan fingerprint density at radius 2 is 2.30 bits per heavy atom. The molecule has 1 aromatic rings. The van der Waals surface area contributed by atoms with E-state index in [4.69, 9.17) is 11.6 Å². The molecule has 2 fully saturated rings. The van der Waals surface area contributed by atoms with Crippen molar-refractivity contribution in [2.75, 3.05) is 19.6 Å². The van der Waals surface area contributed by atoms with Crippen molar-refractivity contribution in [3.05, 3.63) is 27.5 Å². The van der Waals surface area contributed by atoms with Gasteiger partial charge in [-0.15, -0.1) is 0 Å². The normalized spacial score (nSPS) is 26.6. The molecule has 0 aliphatic carbocycles. The summed E-state index contributed by atoms with van der Waals surface area (Å²) in [5, 5.41) is 0.277. The van der Waals surface area contributed by atoms with E-state index in [0.29, 0.717) is 11.6 Å². The summed E-state index contributed by atoms with van der Waals surface area (Å²) in [6, 6.07) is 2.48. The number of carbonyl (C=O) groups is 1. The van der Waals surface area contributed by atoms with E-state index >= 15 is 0 Å². The molecule has 0 spiro atoms. The minimum Gasteiger partial charge on any atom is -0.333 e. The Morgan fingerprint density at radius 3 is 3.10 bits per heavy atom. The summed E-state index contributed by atoms with van der Waals surface area (Å²) < 4.78 is 0.775. The Morgan fingerprint density at radius 1 is 1.50 bits per heavy atom. The number of fused-ring (bicyclic) bond motifs is 1. The van der Waals surface area contributed by atoms with Gasteiger partial charge in [0.1, 0.15) is 5.15 Å². The Balaban J connectivity index is 1.84. The van der Waals surface area contributed by atoms with Crippen LogP contribution in [0.1, 0.15) is 30.1 Å². The lowest BCUT2D eigenvalue weighted by atomic mass is 10.1. The van der Waals surface area contributed by atoms with Gasteiger partial charge in [-0.1, -0.05) is 11.6 Å². The van der Waals surface area contributed by atoms with Crippen LogP contribution in [0.15, 0.2) is 16.7 Å². The Bertz CT molecular complexity index is 539. The van der Waals surface area contributed by atoms with Crippen LogP contribution in [0.4, 0.5) is 0 Å². The van der Waals surface area contributed by atoms with Crippen molar-refractivity contribution in [2.24, 2.45) is 0 Å². The Hall–Kier alpha value is -0.650. The van der Waals surface area contributed by atoms with Gasteiger partial charge in [-0.05, 0) is 48.3 Å². The quantitative estimate of drug-likeness (QED) is 0.724. The molecule has 1 amide bonds. The monoisotopic (exact) mass is 357 g/mol. The lowest BCUT2D eigenvalue weighted by Gasteiger charge is -2.42. The molecule has 2 aliphatic rings. The first-order chi connectivity index (χ1) is 9.56. The minimum atomic E-state index is -0.0112. The third-order valence-corrected chi connectivity index (χ3v) is 4.97. The number of rotatable bonds is 1. The number of hydrogen-bond acceptors (Lipinski definition) is 3. The summed E-state index contributed by atoms with van der Waals surface area (Å²) in [7, 11) is 0. The predicted octanol–water partition coefficient (Wildman–Crippen LogP) is 2.81. The highest BCUT2D eigenvalue weighted by Gasteiger charge is 2.37. The number of halogens is 2. The van der Waals surface area contributed by atoms with Crippen LogP contribution in [-0.4, -0.2) is 52.4 Å². The SMILES string of the molecule is CC1CN2CCCC2CN1C(=O)c1cc(Br)cnc1Cl. The molecule has 0 radical (unpaired) electrons. The van der Waals surface area contributed by atoms with E-state index < -0.39 is 0 Å². The van der Waals surface area contributed by atoms with Crippen LogP contribution >= 0.6 is 27.5 Å². The van der Waals surface area contributed by atoms with Gasteiger partial charge in [-0.2, -0.15) is 0 Å². The van der Waals surface area contributed by atoms with E-state index in [1.807, 2.05) is 4.90 Å². The molecule has 6 heteroatoms. The summed E-state index contributed by atoms with van der Waals surface area (Å²) in [6.07, 6.45) is 4.02. The molecule has 0 N–H and O–H groups in total. The number of amides is 1. The third-order valence-electron chi connectivity index (χ3n) is 4.23. The average Bonchev–Trinajstić information content (AvgIpc) is 2.87. The van der Waals surface area contributed by atoms with Crippen molar-refractivity contribution in [3.63, 3.8) is 0 Å². The number of piperazine rings is 1. The number of aromatic nitrogens is 1. The topological polar surface area (TPSA) is 36.4 Å². The molecule has 4 nitrogen and oxygen atoms in total. The van der Waals surface area contributed by atoms with E-state index in [2.05, 4.69) is 32.7 Å². The number of nitrogens with zero attached hydrogens (tertiary/aromatic N) is 3. The van der Waals surface area contributed by atoms with E-state index in [0.717, 1.165) is 24.1 Å². The molecule has 108 valence electrons. The lowest BCUT2D eigenvalue weighted by Crippen LogP contribution is -2.56. The van der Waals surface area contributed by atoms with Crippen molar-refractivity contribution in [1.82, 2.24) is 14.8 Å². The zero-order valence-corrected chi connectivity index (χ0v) is 13.7. The van der Waals surface area contributed by atoms with Gasteiger partial charge in [0.2, 0.25) is 0 Å². The standard InChI is InChI=1S/C14H17BrClN3O/c1-9-7-18-4-2-3-11(18)8-19(9)14(20)12-5-10(15)6-17-13(12)16/h5-6,9,11H,2-4,7-8H2,1H3. The average molecular weight is 359 g/mol. The summed E-state index contributed by atoms with van der Waals surface area (Å²) in [6.45, 7) is 5.01. The first-order valence-corrected chi connectivity index (χ1v) is 8.09. The number of hydrogen-bond donors (Lipinski definition) is 0. The van der Waals surface area contributed by atoms with Crippen molar-refractivity contribution in [1.29, 1.82) is 0 Å². The molecule has 20 heavy (non-hydrogen) atoms. The molecule has 0 bridgehead atoms. The van der Waals surface area contributed by atoms with Crippen LogP contribution in [-0.2, 0) is 0 Å². The van der Waals surface area contributed by atoms with Gasteiger partial charge in [0, 0.05) is 35.8 Å². The van der Waals surface area contributed by atoms with Gasteiger partial charge >= 0.3 is 0 Å². The maximum Gasteiger partial charge on any atom is 0.257 e. The maximum atomic E-state index is 12.7. The molecule has 0 aromatic carbocycles. The van der Waals surface area contributed by atoms with E-state index in [1.54, 1.807) is 12.3 Å². The molecule has 2 saturated heterocycles. The highest BCUT2D eigenvalue weighted by atomic mass is 79.9. The van der Waals surface area contributed by atoms with Gasteiger partial charge in [-0.25, -0.2) is 4.98 Å². The zero-order valence-electron chi connectivity index (χ0n) is 11.4. The summed E-state index contributed by atoms with van der Waals surface area (Å²) >= 11 is 9.43. The van der Waals surface area contributed by atoms with Gasteiger partial charge in [0.25, 0.3) is 5.91 Å². The van der Waals surface area contributed by atoms with Crippen LogP contribution in [0.3, 0.4) is 0 Å². The van der Waals surface area contributed by atoms with Crippen LogP contribution in [0, 0.1) is 0 Å². The fraction of sp³-hybridized carbons (Fsp3) is 0.571. The Kier molecular flexibility index (Phi) is 4.02. The second kappa shape index (κ2) is 5.62. The summed E-state index contributed by atoms with van der Waals surface area (Å²) in [4.78, 5) is 21.2. The van der Waals surface area contributed by atoms with Crippen molar-refractivity contribution >= 4 is 33.4 Å². The van der Waals surface area contributed by atoms with Gasteiger partial charge in [0.15, 0.2) is 0 Å². The number of pyridine rings is 1. The fourth-order valence-electron chi connectivity index (χ4n) is 3.20. The third kappa shape index (κ3) is 2.59. The molecular formula is C14H17BrClN3O. The van der Waals surface area contributed by atoms with Crippen LogP contribution < -0.4 is 0 Å². The van der Waals surface area contributed by atoms with E-state index in [9.17, 15) is 4.79 Å². The van der Waals surface area contributed by atoms with E-state index in [1.165, 1.54) is 12.8 Å². The molecule has 0 saturated carbocycles. The smallest absolute Gasteiger partial charge is 0.257 e. The molecule has 3 heterocycles. The second-order valence-electron chi connectivity index (χ2n) is 5.59. The maximum absolute atomic E-state index is 12.7. The van der Waals surface area contributed by atoms with Crippen molar-refractivity contribution in [2.45, 2.75) is 31.8 Å². The number of carbonyl (C=O) groups excluding carboxylic acids is 1. The summed E-state index contributed by atoms with van der Waals surface area (Å²) in [5.41, 5.74) is 0.485. The van der Waals surface area contributed by atoms with Gasteiger partial charge in [-0.3, -0.25) is 9.69 Å². The predicted molar refractivity (Wildman–Crippen MR) is 82.0 cm³/mol. The molecule has 2 atom stereocenters. The largest absolute Gasteiger partial charge is 0.333 e. The highest BCUT2D eigenvalue weighted by Crippen LogP contribution is 2.27. The van der Waals surface area contributed by atoms with E-state index in [-0.39, 0.29) is 17.1 Å². The summed E-state index contributed by atoms with van der Waals surface area (Å²) in [5.74, 6) is -0.0112. The Labute approximate surface area is 132 Å². The molecule has 1 aromatic heterocycles.